The second-order valence-electron chi connectivity index (χ2n) is 3.33. The molecule has 4 heteroatoms. The minimum absolute atomic E-state index is 0.0796. The Morgan fingerprint density at radius 1 is 1.42 bits per heavy atom. The smallest absolute Gasteiger partial charge is 0.0927 e. The Morgan fingerprint density at radius 3 is 2.58 bits per heavy atom. The highest BCUT2D eigenvalue weighted by molar-refractivity contribution is 4.90. The summed E-state index contributed by atoms with van der Waals surface area (Å²) in [7, 11) is 0. The highest BCUT2D eigenvalue weighted by Crippen LogP contribution is 2.19. The standard InChI is InChI=1S/C8H17NO3/c1-2-6-5(4-10)8(12)7(11)3-9-6/h5-12H,2-4H2,1H3. The highest BCUT2D eigenvalue weighted by Gasteiger charge is 2.35. The van der Waals surface area contributed by atoms with E-state index in [1.165, 1.54) is 0 Å². The van der Waals surface area contributed by atoms with E-state index >= 15 is 0 Å². The van der Waals surface area contributed by atoms with Gasteiger partial charge in [0.15, 0.2) is 0 Å². The molecule has 12 heavy (non-hydrogen) atoms. The van der Waals surface area contributed by atoms with E-state index in [1.807, 2.05) is 6.92 Å². The molecule has 4 atom stereocenters. The minimum atomic E-state index is -0.791. The lowest BCUT2D eigenvalue weighted by molar-refractivity contribution is -0.0670. The first-order chi connectivity index (χ1) is 5.70. The van der Waals surface area contributed by atoms with Crippen molar-refractivity contribution in [3.8, 4) is 0 Å². The van der Waals surface area contributed by atoms with Crippen molar-refractivity contribution in [1.82, 2.24) is 5.32 Å². The number of piperidine rings is 1. The first kappa shape index (κ1) is 9.92. The maximum Gasteiger partial charge on any atom is 0.0927 e. The molecule has 0 amide bonds. The fourth-order valence-corrected chi connectivity index (χ4v) is 1.75. The van der Waals surface area contributed by atoms with Gasteiger partial charge in [0.25, 0.3) is 0 Å². The van der Waals surface area contributed by atoms with Crippen LogP contribution in [0.3, 0.4) is 0 Å². The van der Waals surface area contributed by atoms with Crippen LogP contribution in [0.5, 0.6) is 0 Å². The Hall–Kier alpha value is -0.160. The third-order valence-corrected chi connectivity index (χ3v) is 2.59. The van der Waals surface area contributed by atoms with Crippen molar-refractivity contribution in [3.63, 3.8) is 0 Å². The summed E-state index contributed by atoms with van der Waals surface area (Å²) >= 11 is 0. The average molecular weight is 175 g/mol. The molecule has 0 saturated carbocycles. The van der Waals surface area contributed by atoms with E-state index in [4.69, 9.17) is 5.11 Å². The van der Waals surface area contributed by atoms with Crippen molar-refractivity contribution >= 4 is 0 Å². The van der Waals surface area contributed by atoms with E-state index in [0.717, 1.165) is 6.42 Å². The fourth-order valence-electron chi connectivity index (χ4n) is 1.75. The van der Waals surface area contributed by atoms with Gasteiger partial charge in [0.2, 0.25) is 0 Å². The molecule has 0 aromatic carbocycles. The van der Waals surface area contributed by atoms with Gasteiger partial charge in [0.05, 0.1) is 12.2 Å². The van der Waals surface area contributed by atoms with E-state index in [-0.39, 0.29) is 18.6 Å². The topological polar surface area (TPSA) is 72.7 Å². The van der Waals surface area contributed by atoms with E-state index in [9.17, 15) is 10.2 Å². The molecule has 1 aliphatic heterocycles. The third-order valence-electron chi connectivity index (χ3n) is 2.59. The van der Waals surface area contributed by atoms with Gasteiger partial charge in [-0.3, -0.25) is 0 Å². The van der Waals surface area contributed by atoms with Gasteiger partial charge >= 0.3 is 0 Å². The van der Waals surface area contributed by atoms with Crippen molar-refractivity contribution in [1.29, 1.82) is 0 Å². The molecule has 1 fully saturated rings. The van der Waals surface area contributed by atoms with Gasteiger partial charge in [0, 0.05) is 25.1 Å². The van der Waals surface area contributed by atoms with Crippen LogP contribution in [0.4, 0.5) is 0 Å². The molecule has 1 heterocycles. The third kappa shape index (κ3) is 1.77. The molecule has 0 aromatic rings. The van der Waals surface area contributed by atoms with Gasteiger partial charge in [-0.2, -0.15) is 0 Å². The Balaban J connectivity index is 2.58. The Labute approximate surface area is 72.2 Å². The molecule has 0 aliphatic carbocycles. The summed E-state index contributed by atoms with van der Waals surface area (Å²) in [6.07, 6.45) is -0.680. The number of rotatable bonds is 2. The molecule has 0 aromatic heterocycles. The lowest BCUT2D eigenvalue weighted by atomic mass is 9.86. The van der Waals surface area contributed by atoms with Crippen LogP contribution < -0.4 is 5.32 Å². The highest BCUT2D eigenvalue weighted by atomic mass is 16.3. The van der Waals surface area contributed by atoms with Gasteiger partial charge < -0.3 is 20.6 Å². The van der Waals surface area contributed by atoms with Crippen molar-refractivity contribution in [2.24, 2.45) is 5.92 Å². The van der Waals surface area contributed by atoms with Crippen molar-refractivity contribution in [3.05, 3.63) is 0 Å². The van der Waals surface area contributed by atoms with E-state index in [2.05, 4.69) is 5.32 Å². The van der Waals surface area contributed by atoms with Crippen LogP contribution in [-0.4, -0.2) is 46.7 Å². The largest absolute Gasteiger partial charge is 0.396 e. The molecule has 72 valence electrons. The summed E-state index contributed by atoms with van der Waals surface area (Å²) in [6.45, 7) is 2.32. The number of aliphatic hydroxyl groups is 3. The van der Waals surface area contributed by atoms with Crippen LogP contribution in [-0.2, 0) is 0 Å². The monoisotopic (exact) mass is 175 g/mol. The molecule has 1 saturated heterocycles. The summed E-state index contributed by atoms with van der Waals surface area (Å²) < 4.78 is 0. The zero-order valence-corrected chi connectivity index (χ0v) is 7.27. The Bertz CT molecular complexity index is 140. The van der Waals surface area contributed by atoms with Crippen LogP contribution in [0.2, 0.25) is 0 Å². The van der Waals surface area contributed by atoms with Crippen molar-refractivity contribution in [2.75, 3.05) is 13.2 Å². The number of hydrogen-bond donors (Lipinski definition) is 4. The molecule has 0 radical (unpaired) electrons. The maximum absolute atomic E-state index is 9.49. The number of hydrogen-bond acceptors (Lipinski definition) is 4. The summed E-state index contributed by atoms with van der Waals surface area (Å²) in [4.78, 5) is 0. The quantitative estimate of drug-likeness (QED) is 0.421. The van der Waals surface area contributed by atoms with Crippen LogP contribution in [0, 0.1) is 5.92 Å². The molecule has 1 aliphatic rings. The SMILES string of the molecule is CCC1NCC(O)C(O)C1CO. The van der Waals surface area contributed by atoms with E-state index in [0.29, 0.717) is 6.54 Å². The van der Waals surface area contributed by atoms with Gasteiger partial charge in [-0.1, -0.05) is 6.92 Å². The van der Waals surface area contributed by atoms with Crippen molar-refractivity contribution < 1.29 is 15.3 Å². The maximum atomic E-state index is 9.49. The second kappa shape index (κ2) is 4.18. The number of aliphatic hydroxyl groups excluding tert-OH is 3. The summed E-state index contributed by atoms with van der Waals surface area (Å²) in [5.74, 6) is -0.237. The van der Waals surface area contributed by atoms with Crippen molar-refractivity contribution in [2.45, 2.75) is 31.6 Å². The van der Waals surface area contributed by atoms with Gasteiger partial charge in [-0.25, -0.2) is 0 Å². The lowest BCUT2D eigenvalue weighted by Crippen LogP contribution is -2.57. The van der Waals surface area contributed by atoms with E-state index < -0.39 is 12.2 Å². The normalized spacial score (nSPS) is 43.0. The first-order valence-electron chi connectivity index (χ1n) is 4.41. The van der Waals surface area contributed by atoms with Gasteiger partial charge in [0.1, 0.15) is 0 Å². The van der Waals surface area contributed by atoms with Crippen LogP contribution in [0.25, 0.3) is 0 Å². The average Bonchev–Trinajstić information content (AvgIpc) is 2.09. The number of nitrogens with one attached hydrogen (secondary N) is 1. The molecular formula is C8H17NO3. The fraction of sp³-hybridized carbons (Fsp3) is 1.00. The lowest BCUT2D eigenvalue weighted by Gasteiger charge is -2.37. The zero-order valence-electron chi connectivity index (χ0n) is 7.27. The Kier molecular flexibility index (Phi) is 3.46. The minimum Gasteiger partial charge on any atom is -0.396 e. The molecule has 4 unspecified atom stereocenters. The van der Waals surface area contributed by atoms with Crippen LogP contribution in [0.15, 0.2) is 0 Å². The Morgan fingerprint density at radius 2 is 2.08 bits per heavy atom. The summed E-state index contributed by atoms with van der Waals surface area (Å²) in [5, 5.41) is 30.8. The van der Waals surface area contributed by atoms with Gasteiger partial charge in [-0.15, -0.1) is 0 Å². The van der Waals surface area contributed by atoms with Gasteiger partial charge in [-0.05, 0) is 6.42 Å². The molecule has 1 rings (SSSR count). The summed E-state index contributed by atoms with van der Waals surface area (Å²) in [6, 6.07) is 0.119. The zero-order chi connectivity index (χ0) is 9.14. The van der Waals surface area contributed by atoms with E-state index in [1.54, 1.807) is 0 Å². The predicted molar refractivity (Wildman–Crippen MR) is 44.7 cm³/mol. The van der Waals surface area contributed by atoms with Crippen LogP contribution in [0.1, 0.15) is 13.3 Å². The first-order valence-corrected chi connectivity index (χ1v) is 4.41. The predicted octanol–water partition coefficient (Wildman–Crippen LogP) is -1.30. The molecule has 0 spiro atoms. The molecule has 4 nitrogen and oxygen atoms in total. The molecule has 4 N–H and O–H groups in total. The molecular weight excluding hydrogens is 158 g/mol. The van der Waals surface area contributed by atoms with Crippen LogP contribution >= 0.6 is 0 Å². The summed E-state index contributed by atoms with van der Waals surface area (Å²) in [5.41, 5.74) is 0. The second-order valence-corrected chi connectivity index (χ2v) is 3.33. The molecule has 0 bridgehead atoms. The number of β-amino-alcohol motifs (C(OH)–C–C–N with tert-alkyl or cyclic N) is 1.